The van der Waals surface area contributed by atoms with Gasteiger partial charge in [-0.25, -0.2) is 0 Å². The lowest BCUT2D eigenvalue weighted by Gasteiger charge is -2.20. The van der Waals surface area contributed by atoms with Gasteiger partial charge in [-0.15, -0.1) is 0 Å². The maximum atomic E-state index is 11.9. The average Bonchev–Trinajstić information content (AvgIpc) is 3.13. The number of carbonyl (C=O) groups is 2. The number of amides is 1. The van der Waals surface area contributed by atoms with Gasteiger partial charge >= 0.3 is 5.97 Å². The zero-order valence-electron chi connectivity index (χ0n) is 13.0. The fourth-order valence-corrected chi connectivity index (χ4v) is 4.44. The molecule has 1 amide bonds. The minimum absolute atomic E-state index is 0.269. The van der Waals surface area contributed by atoms with Crippen LogP contribution in [0.4, 0.5) is 5.69 Å². The number of carbonyl (C=O) groups excluding carboxylic acids is 2. The first-order chi connectivity index (χ1) is 11.4. The van der Waals surface area contributed by atoms with Gasteiger partial charge in [0.05, 0.1) is 20.8 Å². The van der Waals surface area contributed by atoms with E-state index in [0.717, 1.165) is 12.3 Å². The molecule has 3 atom stereocenters. The summed E-state index contributed by atoms with van der Waals surface area (Å²) in [5.74, 6) is 1.09. The third-order valence-electron chi connectivity index (χ3n) is 4.96. The van der Waals surface area contributed by atoms with Crippen molar-refractivity contribution in [1.29, 1.82) is 0 Å². The lowest BCUT2D eigenvalue weighted by molar-refractivity contribution is -0.148. The van der Waals surface area contributed by atoms with E-state index < -0.39 is 5.91 Å². The molecule has 1 N–H and O–H groups in total. The Morgan fingerprint density at radius 1 is 1.08 bits per heavy atom. The summed E-state index contributed by atoms with van der Waals surface area (Å²) in [5, 5.41) is 3.42. The zero-order valence-corrected chi connectivity index (χ0v) is 15.3. The van der Waals surface area contributed by atoms with Crippen molar-refractivity contribution in [1.82, 2.24) is 0 Å². The highest BCUT2D eigenvalue weighted by Gasteiger charge is 2.40. The van der Waals surface area contributed by atoms with E-state index >= 15 is 0 Å². The first-order valence-corrected chi connectivity index (χ1v) is 9.15. The van der Waals surface area contributed by atoms with Gasteiger partial charge in [0.25, 0.3) is 5.91 Å². The van der Waals surface area contributed by atoms with Crippen LogP contribution in [0.1, 0.15) is 32.1 Å². The predicted molar refractivity (Wildman–Crippen MR) is 94.6 cm³/mol. The van der Waals surface area contributed by atoms with Crippen LogP contribution in [-0.2, 0) is 14.3 Å². The van der Waals surface area contributed by atoms with Gasteiger partial charge < -0.3 is 10.1 Å². The maximum absolute atomic E-state index is 11.9. The quantitative estimate of drug-likeness (QED) is 0.571. The first-order valence-electron chi connectivity index (χ1n) is 8.02. The van der Waals surface area contributed by atoms with Crippen LogP contribution < -0.4 is 5.32 Å². The van der Waals surface area contributed by atoms with Crippen molar-refractivity contribution in [3.8, 4) is 0 Å². The fourth-order valence-electron chi connectivity index (χ4n) is 3.85. The van der Waals surface area contributed by atoms with Crippen LogP contribution >= 0.6 is 34.8 Å². The number of benzene rings is 1. The largest absolute Gasteiger partial charge is 0.456 e. The Morgan fingerprint density at radius 3 is 2.50 bits per heavy atom. The predicted octanol–water partition coefficient (Wildman–Crippen LogP) is 4.95. The minimum atomic E-state index is -0.461. The molecule has 2 saturated carbocycles. The van der Waals surface area contributed by atoms with Crippen LogP contribution in [0.2, 0.25) is 15.1 Å². The molecule has 1 aromatic carbocycles. The average molecular weight is 391 g/mol. The fraction of sp³-hybridized carbons (Fsp3) is 0.529. The molecular formula is C17H18Cl3NO3. The number of hydrogen-bond acceptors (Lipinski definition) is 3. The van der Waals surface area contributed by atoms with Crippen molar-refractivity contribution in [2.75, 3.05) is 11.9 Å². The second kappa shape index (κ2) is 7.51. The van der Waals surface area contributed by atoms with E-state index in [1.165, 1.54) is 31.4 Å². The topological polar surface area (TPSA) is 55.4 Å². The van der Waals surface area contributed by atoms with Crippen molar-refractivity contribution < 1.29 is 14.3 Å². The molecule has 1 aromatic rings. The summed E-state index contributed by atoms with van der Waals surface area (Å²) >= 11 is 17.7. The summed E-state index contributed by atoms with van der Waals surface area (Å²) in [4.78, 5) is 23.8. The molecule has 0 spiro atoms. The molecule has 3 rings (SSSR count). The Balaban J connectivity index is 1.45. The normalized spacial score (nSPS) is 24.9. The van der Waals surface area contributed by atoms with Crippen LogP contribution in [-0.4, -0.2) is 18.5 Å². The number of nitrogens with one attached hydrogen (secondary N) is 1. The van der Waals surface area contributed by atoms with Crippen LogP contribution in [0, 0.1) is 17.8 Å². The molecule has 2 bridgehead atoms. The summed E-state index contributed by atoms with van der Waals surface area (Å²) in [6, 6.07) is 2.91. The number of fused-ring (bicyclic) bond motifs is 2. The van der Waals surface area contributed by atoms with Gasteiger partial charge in [0.1, 0.15) is 0 Å². The van der Waals surface area contributed by atoms with Gasteiger partial charge in [-0.2, -0.15) is 0 Å². The molecule has 0 aromatic heterocycles. The summed E-state index contributed by atoms with van der Waals surface area (Å²) in [6.45, 7) is -0.337. The number of rotatable bonds is 5. The van der Waals surface area contributed by atoms with Gasteiger partial charge in [0.2, 0.25) is 0 Å². The molecule has 0 heterocycles. The molecule has 4 nitrogen and oxygen atoms in total. The number of hydrogen-bond donors (Lipinski definition) is 1. The second-order valence-corrected chi connectivity index (χ2v) is 7.82. The van der Waals surface area contributed by atoms with E-state index in [4.69, 9.17) is 39.5 Å². The molecule has 2 aliphatic carbocycles. The Kier molecular flexibility index (Phi) is 5.58. The maximum Gasteiger partial charge on any atom is 0.306 e. The van der Waals surface area contributed by atoms with Crippen LogP contribution in [0.3, 0.4) is 0 Å². The number of ether oxygens (including phenoxy) is 1. The van der Waals surface area contributed by atoms with Crippen LogP contribution in [0.5, 0.6) is 0 Å². The number of halogens is 3. The lowest BCUT2D eigenvalue weighted by atomic mass is 9.86. The highest BCUT2D eigenvalue weighted by atomic mass is 35.5. The van der Waals surface area contributed by atoms with Crippen molar-refractivity contribution in [3.63, 3.8) is 0 Å². The Bertz CT molecular complexity index is 665. The van der Waals surface area contributed by atoms with E-state index in [-0.39, 0.29) is 22.6 Å². The third-order valence-corrected chi connectivity index (χ3v) is 6.00. The summed E-state index contributed by atoms with van der Waals surface area (Å²) in [6.07, 6.45) is 5.28. The summed E-state index contributed by atoms with van der Waals surface area (Å²) in [5.41, 5.74) is 0.334. The first kappa shape index (κ1) is 17.8. The van der Waals surface area contributed by atoms with E-state index in [1.54, 1.807) is 0 Å². The molecular weight excluding hydrogens is 373 g/mol. The van der Waals surface area contributed by atoms with Gasteiger partial charge in [-0.3, -0.25) is 9.59 Å². The number of anilines is 1. The van der Waals surface area contributed by atoms with Gasteiger partial charge in [-0.1, -0.05) is 41.2 Å². The molecule has 130 valence electrons. The Hall–Kier alpha value is -0.970. The monoisotopic (exact) mass is 389 g/mol. The molecule has 0 aliphatic heterocycles. The van der Waals surface area contributed by atoms with Crippen molar-refractivity contribution in [2.45, 2.75) is 32.1 Å². The molecule has 0 unspecified atom stereocenters. The second-order valence-electron chi connectivity index (χ2n) is 6.59. The highest BCUT2D eigenvalue weighted by Crippen LogP contribution is 2.49. The van der Waals surface area contributed by atoms with Crippen LogP contribution in [0.15, 0.2) is 12.1 Å². The minimum Gasteiger partial charge on any atom is -0.456 e. The third kappa shape index (κ3) is 4.16. The van der Waals surface area contributed by atoms with Gasteiger partial charge in [-0.05, 0) is 49.1 Å². The Labute approximate surface area is 155 Å². The Morgan fingerprint density at radius 2 is 1.83 bits per heavy atom. The van der Waals surface area contributed by atoms with Crippen molar-refractivity contribution in [3.05, 3.63) is 27.2 Å². The molecule has 2 aliphatic rings. The van der Waals surface area contributed by atoms with Crippen LogP contribution in [0.25, 0.3) is 0 Å². The number of esters is 1. The van der Waals surface area contributed by atoms with Crippen molar-refractivity contribution in [2.24, 2.45) is 17.8 Å². The summed E-state index contributed by atoms with van der Waals surface area (Å²) < 4.78 is 5.09. The SMILES string of the molecule is O=C(COC(=O)C[C@@H]1C[C@@H]2CC[C@H]1C2)Nc1cc(Cl)c(Cl)cc1Cl. The van der Waals surface area contributed by atoms with Gasteiger partial charge in [0.15, 0.2) is 6.61 Å². The van der Waals surface area contributed by atoms with E-state index in [9.17, 15) is 9.59 Å². The zero-order chi connectivity index (χ0) is 17.3. The van der Waals surface area contributed by atoms with E-state index in [2.05, 4.69) is 5.32 Å². The van der Waals surface area contributed by atoms with E-state index in [1.807, 2.05) is 0 Å². The molecule has 0 saturated heterocycles. The lowest BCUT2D eigenvalue weighted by Crippen LogP contribution is -2.23. The standard InChI is InChI=1S/C17H18Cl3NO3/c18-12-6-14(20)15(7-13(12)19)21-16(22)8-24-17(23)5-11-4-9-1-2-10(11)3-9/h6-7,9-11H,1-5,8H2,(H,21,22)/t9-,10+,11+/m1/s1. The molecule has 7 heteroatoms. The smallest absolute Gasteiger partial charge is 0.306 e. The summed E-state index contributed by atoms with van der Waals surface area (Å²) in [7, 11) is 0. The highest BCUT2D eigenvalue weighted by molar-refractivity contribution is 6.44. The van der Waals surface area contributed by atoms with E-state index in [0.29, 0.717) is 29.0 Å². The molecule has 2 fully saturated rings. The van der Waals surface area contributed by atoms with Gasteiger partial charge in [0, 0.05) is 6.42 Å². The molecule has 24 heavy (non-hydrogen) atoms. The van der Waals surface area contributed by atoms with Crippen molar-refractivity contribution >= 4 is 52.4 Å². The molecule has 0 radical (unpaired) electrons.